The van der Waals surface area contributed by atoms with Crippen LogP contribution in [0.4, 0.5) is 10.5 Å². The van der Waals surface area contributed by atoms with E-state index in [0.717, 1.165) is 19.3 Å². The first-order valence-corrected chi connectivity index (χ1v) is 7.46. The highest BCUT2D eigenvalue weighted by atomic mass is 35.5. The first kappa shape index (κ1) is 14.2. The SMILES string of the molecule is O=C(NC1CCC1)OC1CCN(c2cn[nH]c(=O)c2Cl)C1. The van der Waals surface area contributed by atoms with Crippen LogP contribution >= 0.6 is 11.6 Å². The van der Waals surface area contributed by atoms with Crippen molar-refractivity contribution >= 4 is 23.4 Å². The number of hydrogen-bond acceptors (Lipinski definition) is 5. The number of alkyl carbamates (subject to hydrolysis) is 1. The van der Waals surface area contributed by atoms with Crippen LogP contribution in [0.3, 0.4) is 0 Å². The molecule has 1 amide bonds. The summed E-state index contributed by atoms with van der Waals surface area (Å²) in [5, 5.41) is 8.99. The molecule has 0 radical (unpaired) electrons. The van der Waals surface area contributed by atoms with Gasteiger partial charge in [-0.05, 0) is 19.3 Å². The van der Waals surface area contributed by atoms with Gasteiger partial charge in [0.1, 0.15) is 11.1 Å². The second kappa shape index (κ2) is 5.93. The van der Waals surface area contributed by atoms with Crippen molar-refractivity contribution in [1.29, 1.82) is 0 Å². The molecule has 0 bridgehead atoms. The van der Waals surface area contributed by atoms with Gasteiger partial charge in [-0.3, -0.25) is 4.79 Å². The Hall–Kier alpha value is -1.76. The highest BCUT2D eigenvalue weighted by Gasteiger charge is 2.29. The number of aromatic amines is 1. The van der Waals surface area contributed by atoms with E-state index in [1.54, 1.807) is 0 Å². The standard InChI is InChI=1S/C13H17ClN4O3/c14-11-10(6-15-17-12(11)19)18-5-4-9(7-18)21-13(20)16-8-2-1-3-8/h6,8-9H,1-5,7H2,(H,16,20)(H,17,19). The lowest BCUT2D eigenvalue weighted by Gasteiger charge is -2.26. The van der Waals surface area contributed by atoms with Crippen LogP contribution in [-0.2, 0) is 4.74 Å². The molecule has 1 saturated carbocycles. The van der Waals surface area contributed by atoms with Crippen LogP contribution in [0.15, 0.2) is 11.0 Å². The Morgan fingerprint density at radius 1 is 1.48 bits per heavy atom. The summed E-state index contributed by atoms with van der Waals surface area (Å²) in [6, 6.07) is 0.265. The van der Waals surface area contributed by atoms with Gasteiger partial charge in [0.25, 0.3) is 5.56 Å². The second-order valence-corrected chi connectivity index (χ2v) is 5.81. The first-order valence-electron chi connectivity index (χ1n) is 7.09. The van der Waals surface area contributed by atoms with Gasteiger partial charge in [-0.15, -0.1) is 0 Å². The summed E-state index contributed by atoms with van der Waals surface area (Å²) < 4.78 is 5.40. The Morgan fingerprint density at radius 2 is 2.29 bits per heavy atom. The number of carbonyl (C=O) groups excluding carboxylic acids is 1. The van der Waals surface area contributed by atoms with Crippen LogP contribution in [0.1, 0.15) is 25.7 Å². The number of rotatable bonds is 3. The van der Waals surface area contributed by atoms with Crippen molar-refractivity contribution in [3.05, 3.63) is 21.6 Å². The summed E-state index contributed by atoms with van der Waals surface area (Å²) in [5.74, 6) is 0. The van der Waals surface area contributed by atoms with Crippen molar-refractivity contribution in [1.82, 2.24) is 15.5 Å². The molecular formula is C13H17ClN4O3. The number of anilines is 1. The quantitative estimate of drug-likeness (QED) is 0.878. The van der Waals surface area contributed by atoms with Gasteiger partial charge in [0, 0.05) is 19.0 Å². The van der Waals surface area contributed by atoms with Gasteiger partial charge in [0.05, 0.1) is 18.4 Å². The number of H-pyrrole nitrogens is 1. The molecule has 1 unspecified atom stereocenters. The van der Waals surface area contributed by atoms with E-state index in [0.29, 0.717) is 25.2 Å². The Labute approximate surface area is 126 Å². The van der Waals surface area contributed by atoms with E-state index in [1.807, 2.05) is 4.90 Å². The van der Waals surface area contributed by atoms with Gasteiger partial charge in [-0.25, -0.2) is 9.89 Å². The number of amides is 1. The summed E-state index contributed by atoms with van der Waals surface area (Å²) >= 11 is 5.98. The van der Waals surface area contributed by atoms with E-state index in [-0.39, 0.29) is 23.3 Å². The van der Waals surface area contributed by atoms with E-state index in [4.69, 9.17) is 16.3 Å². The Morgan fingerprint density at radius 3 is 3.00 bits per heavy atom. The van der Waals surface area contributed by atoms with Gasteiger partial charge in [0.2, 0.25) is 0 Å². The number of carbonyl (C=O) groups is 1. The lowest BCUT2D eigenvalue weighted by molar-refractivity contribution is 0.101. The molecular weight excluding hydrogens is 296 g/mol. The molecule has 2 heterocycles. The minimum absolute atomic E-state index is 0.115. The summed E-state index contributed by atoms with van der Waals surface area (Å²) in [7, 11) is 0. The number of ether oxygens (including phenoxy) is 1. The predicted molar refractivity (Wildman–Crippen MR) is 77.7 cm³/mol. The molecule has 1 aliphatic carbocycles. The summed E-state index contributed by atoms with van der Waals surface area (Å²) in [6.45, 7) is 1.19. The lowest BCUT2D eigenvalue weighted by Crippen LogP contribution is -2.41. The van der Waals surface area contributed by atoms with Crippen LogP contribution < -0.4 is 15.8 Å². The summed E-state index contributed by atoms with van der Waals surface area (Å²) in [5.41, 5.74) is 0.159. The topological polar surface area (TPSA) is 87.3 Å². The van der Waals surface area contributed by atoms with Crippen molar-refractivity contribution < 1.29 is 9.53 Å². The van der Waals surface area contributed by atoms with Gasteiger partial charge in [-0.1, -0.05) is 11.6 Å². The van der Waals surface area contributed by atoms with Crippen molar-refractivity contribution in [3.63, 3.8) is 0 Å². The normalized spacial score (nSPS) is 22.0. The van der Waals surface area contributed by atoms with Gasteiger partial charge in [0.15, 0.2) is 0 Å². The number of nitrogens with zero attached hydrogens (tertiary/aromatic N) is 2. The number of nitrogens with one attached hydrogen (secondary N) is 2. The van der Waals surface area contributed by atoms with Gasteiger partial charge >= 0.3 is 6.09 Å². The fourth-order valence-electron chi connectivity index (χ4n) is 2.54. The van der Waals surface area contributed by atoms with Crippen LogP contribution in [0.2, 0.25) is 5.02 Å². The average molecular weight is 313 g/mol. The zero-order valence-electron chi connectivity index (χ0n) is 11.5. The Balaban J connectivity index is 1.56. The smallest absolute Gasteiger partial charge is 0.407 e. The molecule has 1 aromatic heterocycles. The molecule has 7 nitrogen and oxygen atoms in total. The number of aromatic nitrogens is 2. The molecule has 1 saturated heterocycles. The predicted octanol–water partition coefficient (Wildman–Crippen LogP) is 1.28. The average Bonchev–Trinajstić information content (AvgIpc) is 2.85. The Kier molecular flexibility index (Phi) is 4.01. The first-order chi connectivity index (χ1) is 10.1. The third-order valence-electron chi connectivity index (χ3n) is 3.96. The number of hydrogen-bond donors (Lipinski definition) is 2. The maximum absolute atomic E-state index is 11.7. The third kappa shape index (κ3) is 3.12. The van der Waals surface area contributed by atoms with E-state index < -0.39 is 5.56 Å². The van der Waals surface area contributed by atoms with Crippen molar-refractivity contribution in [2.75, 3.05) is 18.0 Å². The van der Waals surface area contributed by atoms with Gasteiger partial charge < -0.3 is 15.0 Å². The summed E-state index contributed by atoms with van der Waals surface area (Å²) in [6.07, 6.45) is 4.89. The third-order valence-corrected chi connectivity index (χ3v) is 4.33. The minimum atomic E-state index is -0.415. The van der Waals surface area contributed by atoms with Crippen LogP contribution in [0.5, 0.6) is 0 Å². The number of halogens is 1. The molecule has 2 fully saturated rings. The van der Waals surface area contributed by atoms with Crippen LogP contribution in [0, 0.1) is 0 Å². The Bertz CT molecular complexity index is 587. The molecule has 2 N–H and O–H groups in total. The molecule has 21 heavy (non-hydrogen) atoms. The van der Waals surface area contributed by atoms with Crippen molar-refractivity contribution in [2.45, 2.75) is 37.8 Å². The largest absolute Gasteiger partial charge is 0.444 e. The van der Waals surface area contributed by atoms with Crippen LogP contribution in [0.25, 0.3) is 0 Å². The molecule has 114 valence electrons. The molecule has 0 spiro atoms. The molecule has 2 aliphatic rings. The highest BCUT2D eigenvalue weighted by Crippen LogP contribution is 2.26. The highest BCUT2D eigenvalue weighted by molar-refractivity contribution is 6.33. The van der Waals surface area contributed by atoms with E-state index in [9.17, 15) is 9.59 Å². The molecule has 1 atom stereocenters. The minimum Gasteiger partial charge on any atom is -0.444 e. The maximum Gasteiger partial charge on any atom is 0.407 e. The van der Waals surface area contributed by atoms with E-state index in [1.165, 1.54) is 6.20 Å². The van der Waals surface area contributed by atoms with Crippen molar-refractivity contribution in [2.24, 2.45) is 0 Å². The lowest BCUT2D eigenvalue weighted by atomic mass is 9.93. The van der Waals surface area contributed by atoms with E-state index >= 15 is 0 Å². The van der Waals surface area contributed by atoms with Crippen molar-refractivity contribution in [3.8, 4) is 0 Å². The second-order valence-electron chi connectivity index (χ2n) is 5.43. The maximum atomic E-state index is 11.7. The fraction of sp³-hybridized carbons (Fsp3) is 0.615. The molecule has 0 aromatic carbocycles. The molecule has 3 rings (SSSR count). The monoisotopic (exact) mass is 312 g/mol. The molecule has 1 aromatic rings. The van der Waals surface area contributed by atoms with E-state index in [2.05, 4.69) is 15.5 Å². The zero-order valence-corrected chi connectivity index (χ0v) is 12.2. The van der Waals surface area contributed by atoms with Crippen LogP contribution in [-0.4, -0.2) is 41.5 Å². The molecule has 1 aliphatic heterocycles. The van der Waals surface area contributed by atoms with Gasteiger partial charge in [-0.2, -0.15) is 5.10 Å². The molecule has 8 heteroatoms. The zero-order chi connectivity index (χ0) is 14.8. The fourth-order valence-corrected chi connectivity index (χ4v) is 2.75. The summed E-state index contributed by atoms with van der Waals surface area (Å²) in [4.78, 5) is 25.1.